The Morgan fingerprint density at radius 1 is 1.44 bits per heavy atom. The summed E-state index contributed by atoms with van der Waals surface area (Å²) in [6.45, 7) is 8.44. The van der Waals surface area contributed by atoms with Crippen LogP contribution in [0, 0.1) is 0 Å². The van der Waals surface area contributed by atoms with Crippen LogP contribution in [0.15, 0.2) is 31.1 Å². The summed E-state index contributed by atoms with van der Waals surface area (Å²) in [5.74, 6) is -1.49. The highest BCUT2D eigenvalue weighted by Gasteiger charge is 2.33. The van der Waals surface area contributed by atoms with E-state index in [1.165, 1.54) is 23.6 Å². The molecule has 0 saturated carbocycles. The van der Waals surface area contributed by atoms with Gasteiger partial charge in [-0.3, -0.25) is 4.79 Å². The van der Waals surface area contributed by atoms with Crippen LogP contribution in [0.25, 0.3) is 5.65 Å². The summed E-state index contributed by atoms with van der Waals surface area (Å²) in [6, 6.07) is 1.03. The van der Waals surface area contributed by atoms with Crippen molar-refractivity contribution in [3.8, 4) is 0 Å². The summed E-state index contributed by atoms with van der Waals surface area (Å²) >= 11 is 0. The first-order valence-electron chi connectivity index (χ1n) is 12.6. The molecule has 0 spiro atoms. The van der Waals surface area contributed by atoms with Gasteiger partial charge < -0.3 is 24.3 Å². The highest BCUT2D eigenvalue weighted by Crippen LogP contribution is 2.34. The number of nitrogens with one attached hydrogen (secondary N) is 1. The fourth-order valence-corrected chi connectivity index (χ4v) is 4.59. The Kier molecular flexibility index (Phi) is 6.41. The van der Waals surface area contributed by atoms with Crippen LogP contribution in [0.2, 0.25) is 0 Å². The van der Waals surface area contributed by atoms with Gasteiger partial charge in [-0.05, 0) is 30.9 Å². The van der Waals surface area contributed by atoms with Crippen LogP contribution in [0.3, 0.4) is 0 Å². The maximum atomic E-state index is 13.7. The maximum Gasteiger partial charge on any atom is 0.417 e. The van der Waals surface area contributed by atoms with Gasteiger partial charge in [0.2, 0.25) is 5.91 Å². The largest absolute Gasteiger partial charge is 0.417 e. The summed E-state index contributed by atoms with van der Waals surface area (Å²) in [5, 5.41) is 3.26. The van der Waals surface area contributed by atoms with Crippen LogP contribution in [0.1, 0.15) is 46.6 Å². The van der Waals surface area contributed by atoms with Crippen molar-refractivity contribution in [2.75, 3.05) is 44.6 Å². The zero-order chi connectivity index (χ0) is 26.1. The monoisotopic (exact) mass is 481 g/mol. The van der Waals surface area contributed by atoms with E-state index in [0.717, 1.165) is 38.2 Å². The lowest BCUT2D eigenvalue weighted by Crippen LogP contribution is -2.51. The summed E-state index contributed by atoms with van der Waals surface area (Å²) in [4.78, 5) is 20.2. The average Bonchev–Trinajstić information content (AvgIpc) is 3.30. The molecule has 2 aliphatic heterocycles. The number of ether oxygens (including phenoxy) is 1. The average molecular weight is 482 g/mol. The van der Waals surface area contributed by atoms with E-state index in [2.05, 4.69) is 21.8 Å². The van der Waals surface area contributed by atoms with Crippen LogP contribution in [0.5, 0.6) is 0 Å². The molecule has 0 aromatic carbocycles. The zero-order valence-electron chi connectivity index (χ0n) is 21.3. The number of piperidine rings is 1. The third-order valence-electron chi connectivity index (χ3n) is 6.40. The van der Waals surface area contributed by atoms with Crippen molar-refractivity contribution in [2.24, 2.45) is 0 Å². The Balaban J connectivity index is 1.44. The Labute approximate surface area is 200 Å². The molecule has 0 unspecified atom stereocenters. The van der Waals surface area contributed by atoms with Crippen molar-refractivity contribution in [1.29, 1.82) is 0 Å². The van der Waals surface area contributed by atoms with E-state index in [4.69, 9.17) is 7.48 Å². The number of carbonyl (C=O) groups is 1. The van der Waals surface area contributed by atoms with Crippen molar-refractivity contribution < 1.29 is 25.4 Å². The van der Waals surface area contributed by atoms with Gasteiger partial charge in [0.1, 0.15) is 0 Å². The normalized spacial score (nSPS) is 23.3. The first-order chi connectivity index (χ1) is 17.0. The molecule has 2 saturated heterocycles. The van der Waals surface area contributed by atoms with Gasteiger partial charge in [0.15, 0.2) is 5.65 Å². The number of anilines is 1. The molecule has 4 rings (SSSR count). The Morgan fingerprint density at radius 3 is 2.88 bits per heavy atom. The topological polar surface area (TPSA) is 62.1 Å². The molecule has 1 N–H and O–H groups in total. The van der Waals surface area contributed by atoms with E-state index in [1.807, 2.05) is 0 Å². The van der Waals surface area contributed by atoms with Crippen molar-refractivity contribution in [3.05, 3.63) is 42.4 Å². The highest BCUT2D eigenvalue weighted by molar-refractivity contribution is 5.87. The fourth-order valence-electron chi connectivity index (χ4n) is 4.59. The number of rotatable bonds is 6. The van der Waals surface area contributed by atoms with E-state index in [9.17, 15) is 18.0 Å². The number of fused-ring (bicyclic) bond motifs is 1. The molecule has 10 heteroatoms. The number of carbonyl (C=O) groups excluding carboxylic acids is 1. The summed E-state index contributed by atoms with van der Waals surface area (Å²) < 4.78 is 64.1. The third-order valence-corrected chi connectivity index (χ3v) is 6.40. The van der Waals surface area contributed by atoms with E-state index < -0.39 is 17.6 Å². The molecule has 7 nitrogen and oxygen atoms in total. The Bertz CT molecular complexity index is 1100. The fraction of sp³-hybridized carbons (Fsp3) is 0.583. The van der Waals surface area contributed by atoms with Crippen molar-refractivity contribution >= 4 is 17.2 Å². The molecule has 2 aromatic rings. The van der Waals surface area contributed by atoms with Gasteiger partial charge in [0.05, 0.1) is 24.0 Å². The van der Waals surface area contributed by atoms with Crippen LogP contribution < -0.4 is 5.32 Å². The first-order valence-corrected chi connectivity index (χ1v) is 11.4. The molecule has 2 aromatic heterocycles. The third kappa shape index (κ3) is 5.38. The van der Waals surface area contributed by atoms with Gasteiger partial charge in [0.25, 0.3) is 0 Å². The minimum Gasteiger partial charge on any atom is -0.379 e. The van der Waals surface area contributed by atoms with Crippen molar-refractivity contribution in [1.82, 2.24) is 19.2 Å². The lowest BCUT2D eigenvalue weighted by molar-refractivity contribution is -0.138. The first kappa shape index (κ1) is 21.9. The Morgan fingerprint density at radius 2 is 2.21 bits per heavy atom. The Hall–Kier alpha value is -2.59. The number of morpholine rings is 1. The molecule has 34 heavy (non-hydrogen) atoms. The van der Waals surface area contributed by atoms with Gasteiger partial charge in [-0.1, -0.05) is 20.4 Å². The summed E-state index contributed by atoms with van der Waals surface area (Å²) in [5.41, 5.74) is -0.00425. The molecule has 2 fully saturated rings. The molecule has 0 bridgehead atoms. The molecule has 186 valence electrons. The molecule has 4 heterocycles. The molecular formula is C24H32F3N5O2. The van der Waals surface area contributed by atoms with Crippen LogP contribution in [-0.2, 0) is 15.7 Å². The molecule has 1 amide bonds. The second kappa shape index (κ2) is 9.95. The zero-order valence-corrected chi connectivity index (χ0v) is 19.3. The minimum absolute atomic E-state index is 0.0432. The van der Waals surface area contributed by atoms with E-state index in [1.54, 1.807) is 4.90 Å². The van der Waals surface area contributed by atoms with Crippen LogP contribution in [-0.4, -0.2) is 76.6 Å². The van der Waals surface area contributed by atoms with Gasteiger partial charge in [-0.25, -0.2) is 4.98 Å². The molecular weight excluding hydrogens is 447 g/mol. The standard InChI is InChI=1S/C24H32F3N5O2/c1-4-22(33)31-9-10-34-19(15-31)14-30-7-5-18(6-8-30)29-20-11-17(24(25,26)27)13-32-21(16(2)3)12-28-23(20)32/h4,11-13,16,18-19,29H,1,5-10,14-15H2,2-3H3/t19-/m1/s1/i2D,16D/t16-,19+/m0. The van der Waals surface area contributed by atoms with Crippen LogP contribution >= 0.6 is 0 Å². The predicted octanol–water partition coefficient (Wildman–Crippen LogP) is 3.77. The number of amides is 1. The molecule has 0 aliphatic carbocycles. The smallest absolute Gasteiger partial charge is 0.379 e. The van der Waals surface area contributed by atoms with Crippen molar-refractivity contribution in [3.63, 3.8) is 0 Å². The predicted molar refractivity (Wildman–Crippen MR) is 124 cm³/mol. The lowest BCUT2D eigenvalue weighted by Gasteiger charge is -2.38. The SMILES string of the molecule is [2H]C[C@@]([2H])(C)c1cnc2c(NC3CCN(C[C@@H]4CN(C(=O)C=C)CCO4)CC3)cc(C(F)(F)F)cn12. The number of imidazole rings is 1. The number of pyridine rings is 1. The van der Waals surface area contributed by atoms with Gasteiger partial charge >= 0.3 is 6.18 Å². The summed E-state index contributed by atoms with van der Waals surface area (Å²) in [6.07, 6.45) is 0.449. The van der Waals surface area contributed by atoms with E-state index >= 15 is 0 Å². The minimum atomic E-state index is -4.56. The highest BCUT2D eigenvalue weighted by atomic mass is 19.4. The molecule has 0 radical (unpaired) electrons. The van der Waals surface area contributed by atoms with Gasteiger partial charge in [-0.15, -0.1) is 0 Å². The number of alkyl halides is 3. The molecule has 2 aliphatic rings. The van der Waals surface area contributed by atoms with Crippen LogP contribution in [0.4, 0.5) is 18.9 Å². The number of hydrogen-bond acceptors (Lipinski definition) is 5. The van der Waals surface area contributed by atoms with Gasteiger partial charge in [-0.2, -0.15) is 13.2 Å². The number of nitrogens with zero attached hydrogens (tertiary/aromatic N) is 4. The quantitative estimate of drug-likeness (QED) is 0.637. The second-order valence-corrected chi connectivity index (χ2v) is 8.96. The lowest BCUT2D eigenvalue weighted by atomic mass is 10.0. The summed E-state index contributed by atoms with van der Waals surface area (Å²) in [7, 11) is 0. The van der Waals surface area contributed by atoms with Crippen molar-refractivity contribution in [2.45, 2.75) is 50.9 Å². The van der Waals surface area contributed by atoms with Gasteiger partial charge in [0, 0.05) is 59.6 Å². The van der Waals surface area contributed by atoms with E-state index in [-0.39, 0.29) is 36.3 Å². The number of hydrogen-bond donors (Lipinski definition) is 1. The number of aromatic nitrogens is 2. The number of halogens is 3. The second-order valence-electron chi connectivity index (χ2n) is 8.96. The number of likely N-dealkylation sites (tertiary alicyclic amines) is 1. The van der Waals surface area contributed by atoms with E-state index in [0.29, 0.717) is 31.9 Å². The molecule has 2 atom stereocenters. The maximum absolute atomic E-state index is 13.7.